The highest BCUT2D eigenvalue weighted by atomic mass is 16.6. The maximum atomic E-state index is 12.6. The highest BCUT2D eigenvalue weighted by Gasteiger charge is 2.31. The molecule has 310 valence electrons. The van der Waals surface area contributed by atoms with Crippen LogP contribution in [0.15, 0.2) is 24.3 Å². The van der Waals surface area contributed by atoms with Crippen LogP contribution >= 0.6 is 0 Å². The first-order valence-electron chi connectivity index (χ1n) is 21.9. The summed E-state index contributed by atoms with van der Waals surface area (Å²) in [5.41, 5.74) is 0. The van der Waals surface area contributed by atoms with Crippen LogP contribution in [-0.2, 0) is 28.6 Å². The number of esters is 2. The van der Waals surface area contributed by atoms with Crippen molar-refractivity contribution in [1.82, 2.24) is 0 Å². The number of rotatable bonds is 39. The first kappa shape index (κ1) is 50.8. The summed E-state index contributed by atoms with van der Waals surface area (Å²) in [5.74, 6) is -1.49. The molecule has 0 rings (SSSR count). The molecule has 0 aliphatic heterocycles. The van der Waals surface area contributed by atoms with E-state index < -0.39 is 18.1 Å². The summed E-state index contributed by atoms with van der Waals surface area (Å²) >= 11 is 0. The van der Waals surface area contributed by atoms with Gasteiger partial charge in [0, 0.05) is 19.3 Å². The van der Waals surface area contributed by atoms with Gasteiger partial charge < -0.3 is 23.8 Å². The van der Waals surface area contributed by atoms with E-state index in [9.17, 15) is 19.5 Å². The monoisotopic (exact) mass is 751 g/mol. The molecular weight excluding hydrogens is 666 g/mol. The van der Waals surface area contributed by atoms with Gasteiger partial charge in [-0.25, -0.2) is 4.79 Å². The van der Waals surface area contributed by atoms with Gasteiger partial charge in [-0.2, -0.15) is 0 Å². The quantitative estimate of drug-likeness (QED) is 0.0289. The fourth-order valence-corrected chi connectivity index (χ4v) is 6.36. The van der Waals surface area contributed by atoms with E-state index in [4.69, 9.17) is 14.2 Å². The number of hydrogen-bond donors (Lipinski definition) is 1. The molecular formula is C45H84NO7+. The Morgan fingerprint density at radius 2 is 0.962 bits per heavy atom. The standard InChI is InChI=1S/C45H83NO7/c1-6-8-10-12-14-16-18-19-20-21-22-23-24-25-26-28-29-31-33-35-43(47)52-40-41(39-51-38-37-42(45(49)50)46(3,4)5)53-44(48)36-34-32-30-27-17-15-13-11-9-7-2/h13,15,21-22,41-42H,6-12,14,16-20,23-40H2,1-5H3/p+1/b15-13+,22-21+. The number of likely N-dealkylation sites (N-methyl/N-ethyl adjacent to an activating group) is 1. The summed E-state index contributed by atoms with van der Waals surface area (Å²) < 4.78 is 17.2. The van der Waals surface area contributed by atoms with Crippen LogP contribution in [0, 0.1) is 0 Å². The molecule has 0 aliphatic carbocycles. The van der Waals surface area contributed by atoms with Crippen LogP contribution in [0.25, 0.3) is 0 Å². The summed E-state index contributed by atoms with van der Waals surface area (Å²) in [6.45, 7) is 4.68. The van der Waals surface area contributed by atoms with Crippen molar-refractivity contribution >= 4 is 17.9 Å². The second-order valence-corrected chi connectivity index (χ2v) is 15.9. The first-order valence-corrected chi connectivity index (χ1v) is 21.9. The summed E-state index contributed by atoms with van der Waals surface area (Å²) in [6.07, 6.45) is 39.4. The molecule has 0 spiro atoms. The SMILES string of the molecule is CCCC/C=C/CCCCCCC(=O)OC(COCCC(C(=O)O)[N+](C)(C)C)COC(=O)CCCCCCCCC/C=C/CCCCCCCCCC. The second kappa shape index (κ2) is 36.8. The Morgan fingerprint density at radius 1 is 0.547 bits per heavy atom. The number of carbonyl (C=O) groups excluding carboxylic acids is 2. The topological polar surface area (TPSA) is 99.1 Å². The molecule has 0 aromatic carbocycles. The van der Waals surface area contributed by atoms with Gasteiger partial charge in [-0.1, -0.05) is 141 Å². The van der Waals surface area contributed by atoms with Gasteiger partial charge in [-0.15, -0.1) is 0 Å². The average Bonchev–Trinajstić information content (AvgIpc) is 3.11. The van der Waals surface area contributed by atoms with Crippen molar-refractivity contribution in [2.75, 3.05) is 41.0 Å². The molecule has 0 amide bonds. The Kier molecular flexibility index (Phi) is 35.2. The number of quaternary nitrogens is 1. The zero-order valence-corrected chi connectivity index (χ0v) is 35.2. The van der Waals surface area contributed by atoms with Crippen LogP contribution in [0.5, 0.6) is 0 Å². The molecule has 8 nitrogen and oxygen atoms in total. The smallest absolute Gasteiger partial charge is 0.362 e. The molecule has 0 saturated carbocycles. The van der Waals surface area contributed by atoms with E-state index in [0.29, 0.717) is 19.3 Å². The number of allylic oxidation sites excluding steroid dienone is 4. The molecule has 8 heteroatoms. The molecule has 53 heavy (non-hydrogen) atoms. The molecule has 0 aromatic heterocycles. The molecule has 0 fully saturated rings. The lowest BCUT2D eigenvalue weighted by Gasteiger charge is -2.31. The number of hydrogen-bond acceptors (Lipinski definition) is 6. The summed E-state index contributed by atoms with van der Waals surface area (Å²) in [4.78, 5) is 36.9. The lowest BCUT2D eigenvalue weighted by atomic mass is 10.1. The number of aliphatic carboxylic acids is 1. The zero-order valence-electron chi connectivity index (χ0n) is 35.2. The zero-order chi connectivity index (χ0) is 39.3. The third-order valence-electron chi connectivity index (χ3n) is 9.82. The number of carboxylic acids is 1. The molecule has 0 bridgehead atoms. The Hall–Kier alpha value is -2.19. The van der Waals surface area contributed by atoms with E-state index in [0.717, 1.165) is 57.8 Å². The minimum Gasteiger partial charge on any atom is -0.477 e. The third-order valence-corrected chi connectivity index (χ3v) is 9.82. The van der Waals surface area contributed by atoms with Crippen LogP contribution in [0.4, 0.5) is 0 Å². The highest BCUT2D eigenvalue weighted by Crippen LogP contribution is 2.14. The fourth-order valence-electron chi connectivity index (χ4n) is 6.36. The normalized spacial score (nSPS) is 13.2. The van der Waals surface area contributed by atoms with E-state index in [2.05, 4.69) is 38.2 Å². The molecule has 0 saturated heterocycles. The summed E-state index contributed by atoms with van der Waals surface area (Å²) in [7, 11) is 5.52. The Labute approximate surface area is 326 Å². The van der Waals surface area contributed by atoms with Crippen molar-refractivity contribution in [3.8, 4) is 0 Å². The Morgan fingerprint density at radius 3 is 1.42 bits per heavy atom. The van der Waals surface area contributed by atoms with Crippen molar-refractivity contribution < 1.29 is 38.2 Å². The van der Waals surface area contributed by atoms with Crippen molar-refractivity contribution in [1.29, 1.82) is 0 Å². The molecule has 2 unspecified atom stereocenters. The lowest BCUT2D eigenvalue weighted by Crippen LogP contribution is -2.50. The van der Waals surface area contributed by atoms with Crippen molar-refractivity contribution in [3.63, 3.8) is 0 Å². The molecule has 0 heterocycles. The molecule has 2 atom stereocenters. The van der Waals surface area contributed by atoms with Gasteiger partial charge in [0.1, 0.15) is 6.61 Å². The number of carboxylic acid groups (broad SMARTS) is 1. The van der Waals surface area contributed by atoms with Crippen molar-refractivity contribution in [2.24, 2.45) is 0 Å². The molecule has 0 aliphatic rings. The first-order chi connectivity index (χ1) is 25.6. The van der Waals surface area contributed by atoms with Crippen LogP contribution in [-0.4, -0.2) is 80.6 Å². The minimum atomic E-state index is -0.877. The van der Waals surface area contributed by atoms with E-state index in [-0.39, 0.29) is 36.2 Å². The van der Waals surface area contributed by atoms with E-state index in [1.807, 2.05) is 21.1 Å². The predicted octanol–water partition coefficient (Wildman–Crippen LogP) is 11.7. The number of carbonyl (C=O) groups is 3. The Balaban J connectivity index is 4.26. The van der Waals surface area contributed by atoms with E-state index in [1.165, 1.54) is 103 Å². The van der Waals surface area contributed by atoms with Gasteiger partial charge in [0.15, 0.2) is 12.1 Å². The minimum absolute atomic E-state index is 0.0554. The Bertz CT molecular complexity index is 926. The van der Waals surface area contributed by atoms with Crippen molar-refractivity contribution in [2.45, 2.75) is 206 Å². The van der Waals surface area contributed by atoms with Gasteiger partial charge in [-0.05, 0) is 57.8 Å². The average molecular weight is 751 g/mol. The van der Waals surface area contributed by atoms with Crippen LogP contribution < -0.4 is 0 Å². The summed E-state index contributed by atoms with van der Waals surface area (Å²) in [5, 5.41) is 9.60. The van der Waals surface area contributed by atoms with E-state index >= 15 is 0 Å². The largest absolute Gasteiger partial charge is 0.477 e. The van der Waals surface area contributed by atoms with Gasteiger partial charge in [0.25, 0.3) is 0 Å². The maximum Gasteiger partial charge on any atom is 0.362 e. The van der Waals surface area contributed by atoms with Crippen LogP contribution in [0.1, 0.15) is 194 Å². The van der Waals surface area contributed by atoms with E-state index in [1.54, 1.807) is 0 Å². The summed E-state index contributed by atoms with van der Waals surface area (Å²) in [6, 6.07) is -0.614. The number of nitrogens with zero attached hydrogens (tertiary/aromatic N) is 1. The van der Waals surface area contributed by atoms with Crippen molar-refractivity contribution in [3.05, 3.63) is 24.3 Å². The second-order valence-electron chi connectivity index (χ2n) is 15.9. The van der Waals surface area contributed by atoms with Gasteiger partial charge in [0.05, 0.1) is 34.4 Å². The molecule has 0 radical (unpaired) electrons. The predicted molar refractivity (Wildman–Crippen MR) is 220 cm³/mol. The van der Waals surface area contributed by atoms with Gasteiger partial charge in [-0.3, -0.25) is 9.59 Å². The van der Waals surface area contributed by atoms with Crippen LogP contribution in [0.3, 0.4) is 0 Å². The lowest BCUT2D eigenvalue weighted by molar-refractivity contribution is -0.887. The highest BCUT2D eigenvalue weighted by molar-refractivity contribution is 5.72. The molecule has 1 N–H and O–H groups in total. The number of ether oxygens (including phenoxy) is 3. The van der Waals surface area contributed by atoms with Gasteiger partial charge in [0.2, 0.25) is 0 Å². The molecule has 0 aromatic rings. The van der Waals surface area contributed by atoms with Gasteiger partial charge >= 0.3 is 17.9 Å². The third kappa shape index (κ3) is 35.3. The van der Waals surface area contributed by atoms with Crippen LogP contribution in [0.2, 0.25) is 0 Å². The maximum absolute atomic E-state index is 12.6. The fraction of sp³-hybridized carbons (Fsp3) is 0.844. The number of unbranched alkanes of at least 4 members (excludes halogenated alkanes) is 21.